The number of para-hydroxylation sites is 2. The van der Waals surface area contributed by atoms with Gasteiger partial charge in [-0.2, -0.15) is 0 Å². The Morgan fingerprint density at radius 2 is 2.21 bits per heavy atom. The van der Waals surface area contributed by atoms with Crippen LogP contribution in [0, 0.1) is 0 Å². The van der Waals surface area contributed by atoms with Crippen molar-refractivity contribution in [1.82, 2.24) is 15.3 Å². The monoisotopic (exact) mass is 379 g/mol. The molecule has 1 unspecified atom stereocenters. The topological polar surface area (TPSA) is 76.2 Å². The molecule has 0 saturated carbocycles. The van der Waals surface area contributed by atoms with Crippen LogP contribution in [-0.4, -0.2) is 28.6 Å². The van der Waals surface area contributed by atoms with Gasteiger partial charge in [0.1, 0.15) is 23.4 Å². The van der Waals surface area contributed by atoms with Crippen molar-refractivity contribution in [2.75, 3.05) is 6.61 Å². The largest absolute Gasteiger partial charge is 0.494 e. The second-order valence-electron chi connectivity index (χ2n) is 7.11. The number of fused-ring (bicyclic) bond motifs is 2. The van der Waals surface area contributed by atoms with Crippen LogP contribution in [0.3, 0.4) is 0 Å². The molecule has 6 heteroatoms. The van der Waals surface area contributed by atoms with Crippen LogP contribution in [-0.2, 0) is 24.2 Å². The molecule has 4 rings (SSSR count). The van der Waals surface area contributed by atoms with Crippen molar-refractivity contribution in [3.63, 3.8) is 0 Å². The van der Waals surface area contributed by atoms with E-state index in [1.807, 2.05) is 43.3 Å². The number of H-pyrrole nitrogens is 1. The number of hydrogen-bond acceptors (Lipinski definition) is 4. The molecular weight excluding hydrogens is 354 g/mol. The van der Waals surface area contributed by atoms with Crippen LogP contribution in [0.1, 0.15) is 37.2 Å². The molecule has 2 aromatic carbocycles. The Hall–Kier alpha value is -3.02. The fourth-order valence-corrected chi connectivity index (χ4v) is 3.55. The Balaban J connectivity index is 1.37. The van der Waals surface area contributed by atoms with Crippen LogP contribution in [0.4, 0.5) is 0 Å². The van der Waals surface area contributed by atoms with E-state index in [4.69, 9.17) is 9.47 Å². The van der Waals surface area contributed by atoms with Crippen LogP contribution in [0.25, 0.3) is 11.0 Å². The molecule has 1 atom stereocenters. The van der Waals surface area contributed by atoms with E-state index >= 15 is 0 Å². The zero-order chi connectivity index (χ0) is 19.5. The van der Waals surface area contributed by atoms with E-state index in [9.17, 15) is 4.79 Å². The van der Waals surface area contributed by atoms with Gasteiger partial charge >= 0.3 is 0 Å². The SMILES string of the molecule is CCOc1cc2c(cc1CNC(=O)CCc1nc3ccccc3[nH]1)OC(C)C2. The number of benzene rings is 2. The van der Waals surface area contributed by atoms with Gasteiger partial charge in [0.25, 0.3) is 0 Å². The number of carbonyl (C=O) groups excluding carboxylic acids is 1. The third kappa shape index (κ3) is 3.96. The second kappa shape index (κ2) is 7.92. The molecule has 28 heavy (non-hydrogen) atoms. The summed E-state index contributed by atoms with van der Waals surface area (Å²) < 4.78 is 11.6. The van der Waals surface area contributed by atoms with Crippen LogP contribution in [0.2, 0.25) is 0 Å². The second-order valence-corrected chi connectivity index (χ2v) is 7.11. The summed E-state index contributed by atoms with van der Waals surface area (Å²) in [5.41, 5.74) is 4.01. The average Bonchev–Trinajstić information content (AvgIpc) is 3.26. The first kappa shape index (κ1) is 18.3. The molecule has 0 aliphatic carbocycles. The Kier molecular flexibility index (Phi) is 5.19. The number of amides is 1. The van der Waals surface area contributed by atoms with Gasteiger partial charge in [-0.25, -0.2) is 4.98 Å². The fraction of sp³-hybridized carbons (Fsp3) is 0.364. The minimum absolute atomic E-state index is 0.0160. The summed E-state index contributed by atoms with van der Waals surface area (Å²) in [7, 11) is 0. The molecule has 2 heterocycles. The summed E-state index contributed by atoms with van der Waals surface area (Å²) >= 11 is 0. The van der Waals surface area contributed by atoms with E-state index in [0.717, 1.165) is 45.9 Å². The zero-order valence-corrected chi connectivity index (χ0v) is 16.2. The van der Waals surface area contributed by atoms with E-state index in [1.165, 1.54) is 0 Å². The molecule has 3 aromatic rings. The van der Waals surface area contributed by atoms with Gasteiger partial charge in [-0.05, 0) is 38.1 Å². The number of aryl methyl sites for hydroxylation is 1. The molecule has 0 saturated heterocycles. The van der Waals surface area contributed by atoms with Crippen LogP contribution in [0.15, 0.2) is 36.4 Å². The lowest BCUT2D eigenvalue weighted by molar-refractivity contribution is -0.121. The summed E-state index contributed by atoms with van der Waals surface area (Å²) in [5.74, 6) is 2.52. The molecule has 146 valence electrons. The predicted octanol–water partition coefficient (Wildman–Crippen LogP) is 3.53. The maximum Gasteiger partial charge on any atom is 0.220 e. The molecule has 0 bridgehead atoms. The number of aromatic nitrogens is 2. The van der Waals surface area contributed by atoms with Crippen molar-refractivity contribution >= 4 is 16.9 Å². The number of hydrogen-bond donors (Lipinski definition) is 2. The molecule has 1 aromatic heterocycles. The number of rotatable bonds is 7. The van der Waals surface area contributed by atoms with E-state index < -0.39 is 0 Å². The molecule has 1 amide bonds. The fourth-order valence-electron chi connectivity index (χ4n) is 3.55. The van der Waals surface area contributed by atoms with Gasteiger partial charge in [-0.1, -0.05) is 12.1 Å². The Labute approximate surface area is 164 Å². The lowest BCUT2D eigenvalue weighted by Crippen LogP contribution is -2.23. The summed E-state index contributed by atoms with van der Waals surface area (Å²) in [6, 6.07) is 11.9. The molecule has 2 N–H and O–H groups in total. The van der Waals surface area contributed by atoms with Gasteiger partial charge in [0, 0.05) is 36.9 Å². The van der Waals surface area contributed by atoms with E-state index in [0.29, 0.717) is 26.0 Å². The highest BCUT2D eigenvalue weighted by Gasteiger charge is 2.22. The van der Waals surface area contributed by atoms with Gasteiger partial charge in [-0.3, -0.25) is 4.79 Å². The first-order valence-corrected chi connectivity index (χ1v) is 9.78. The third-order valence-electron chi connectivity index (χ3n) is 4.88. The quantitative estimate of drug-likeness (QED) is 0.658. The third-order valence-corrected chi connectivity index (χ3v) is 4.88. The van der Waals surface area contributed by atoms with Crippen molar-refractivity contribution in [2.45, 2.75) is 45.8 Å². The normalized spacial score (nSPS) is 15.3. The highest BCUT2D eigenvalue weighted by atomic mass is 16.5. The van der Waals surface area contributed by atoms with Crippen molar-refractivity contribution in [3.05, 3.63) is 53.3 Å². The first-order valence-electron chi connectivity index (χ1n) is 9.78. The highest BCUT2D eigenvalue weighted by Crippen LogP contribution is 2.35. The Morgan fingerprint density at radius 1 is 1.36 bits per heavy atom. The van der Waals surface area contributed by atoms with E-state index in [1.54, 1.807) is 0 Å². The van der Waals surface area contributed by atoms with Crippen LogP contribution in [0.5, 0.6) is 11.5 Å². The van der Waals surface area contributed by atoms with Crippen LogP contribution >= 0.6 is 0 Å². The number of nitrogens with one attached hydrogen (secondary N) is 2. The molecule has 1 aliphatic rings. The van der Waals surface area contributed by atoms with Gasteiger partial charge in [-0.15, -0.1) is 0 Å². The summed E-state index contributed by atoms with van der Waals surface area (Å²) in [4.78, 5) is 20.1. The smallest absolute Gasteiger partial charge is 0.220 e. The maximum absolute atomic E-state index is 12.3. The molecule has 0 radical (unpaired) electrons. The number of imidazole rings is 1. The predicted molar refractivity (Wildman–Crippen MR) is 108 cm³/mol. The van der Waals surface area contributed by atoms with Crippen molar-refractivity contribution < 1.29 is 14.3 Å². The maximum atomic E-state index is 12.3. The van der Waals surface area contributed by atoms with Crippen molar-refractivity contribution in [3.8, 4) is 11.5 Å². The van der Waals surface area contributed by atoms with Crippen LogP contribution < -0.4 is 14.8 Å². The van der Waals surface area contributed by atoms with Crippen molar-refractivity contribution in [2.24, 2.45) is 0 Å². The van der Waals surface area contributed by atoms with Gasteiger partial charge in [0.15, 0.2) is 0 Å². The standard InChI is InChI=1S/C22H25N3O3/c1-3-27-19-11-15-10-14(2)28-20(15)12-16(19)13-23-22(26)9-8-21-24-17-6-4-5-7-18(17)25-21/h4-7,11-12,14H,3,8-10,13H2,1-2H3,(H,23,26)(H,24,25). The van der Waals surface area contributed by atoms with Gasteiger partial charge in [0.05, 0.1) is 17.6 Å². The molecular formula is C22H25N3O3. The minimum Gasteiger partial charge on any atom is -0.494 e. The van der Waals surface area contributed by atoms with E-state index in [-0.39, 0.29) is 12.0 Å². The molecule has 0 fully saturated rings. The number of nitrogens with zero attached hydrogens (tertiary/aromatic N) is 1. The highest BCUT2D eigenvalue weighted by molar-refractivity contribution is 5.77. The molecule has 6 nitrogen and oxygen atoms in total. The summed E-state index contributed by atoms with van der Waals surface area (Å²) in [6.45, 7) is 5.02. The van der Waals surface area contributed by atoms with Gasteiger partial charge in [0.2, 0.25) is 5.91 Å². The summed E-state index contributed by atoms with van der Waals surface area (Å²) in [6.07, 6.45) is 2.02. The minimum atomic E-state index is -0.0160. The number of aromatic amines is 1. The van der Waals surface area contributed by atoms with E-state index in [2.05, 4.69) is 22.2 Å². The lowest BCUT2D eigenvalue weighted by Gasteiger charge is -2.13. The van der Waals surface area contributed by atoms with Crippen molar-refractivity contribution in [1.29, 1.82) is 0 Å². The number of ether oxygens (including phenoxy) is 2. The Bertz CT molecular complexity index is 963. The molecule has 0 spiro atoms. The lowest BCUT2D eigenvalue weighted by atomic mass is 10.1. The summed E-state index contributed by atoms with van der Waals surface area (Å²) in [5, 5.41) is 2.99. The molecule has 1 aliphatic heterocycles. The first-order chi connectivity index (χ1) is 13.6. The zero-order valence-electron chi connectivity index (χ0n) is 16.2. The van der Waals surface area contributed by atoms with Gasteiger partial charge < -0.3 is 19.8 Å². The number of carbonyl (C=O) groups is 1. The Morgan fingerprint density at radius 3 is 3.04 bits per heavy atom. The average molecular weight is 379 g/mol.